The van der Waals surface area contributed by atoms with Crippen LogP contribution in [0.15, 0.2) is 16.4 Å². The lowest BCUT2D eigenvalue weighted by Crippen LogP contribution is -2.69. The number of aromatic amines is 1. The number of rotatable bonds is 6. The van der Waals surface area contributed by atoms with E-state index in [2.05, 4.69) is 20.6 Å². The molecule has 3 atom stereocenters. The predicted octanol–water partition coefficient (Wildman–Crippen LogP) is -0.894. The summed E-state index contributed by atoms with van der Waals surface area (Å²) in [7, 11) is 0. The van der Waals surface area contributed by atoms with Crippen molar-refractivity contribution in [3.63, 3.8) is 0 Å². The van der Waals surface area contributed by atoms with Gasteiger partial charge in [0.15, 0.2) is 0 Å². The first kappa shape index (κ1) is 17.7. The molecule has 13 heteroatoms. The first-order valence-corrected chi connectivity index (χ1v) is 9.03. The summed E-state index contributed by atoms with van der Waals surface area (Å²) in [4.78, 5) is 37.1. The van der Waals surface area contributed by atoms with Gasteiger partial charge in [-0.15, -0.1) is 16.9 Å². The van der Waals surface area contributed by atoms with Crippen molar-refractivity contribution in [2.45, 2.75) is 34.7 Å². The number of hydrogen-bond acceptors (Lipinski definition) is 9. The molecule has 25 heavy (non-hydrogen) atoms. The Morgan fingerprint density at radius 2 is 2.24 bits per heavy atom. The van der Waals surface area contributed by atoms with Crippen molar-refractivity contribution < 1.29 is 24.6 Å². The zero-order valence-electron chi connectivity index (χ0n) is 12.9. The first-order valence-electron chi connectivity index (χ1n) is 7.16. The van der Waals surface area contributed by atoms with E-state index in [-0.39, 0.29) is 28.6 Å². The number of β-lactam (4-membered cyclic amide) rings is 1. The number of carboxylic acids is 2. The van der Waals surface area contributed by atoms with Gasteiger partial charge in [-0.25, -0.2) is 9.89 Å². The number of amides is 1. The van der Waals surface area contributed by atoms with E-state index in [1.165, 1.54) is 11.8 Å². The Kier molecular flexibility index (Phi) is 4.47. The van der Waals surface area contributed by atoms with Crippen molar-refractivity contribution in [2.24, 2.45) is 5.73 Å². The Balaban J connectivity index is 2.14. The molecule has 0 bridgehead atoms. The molecule has 0 spiro atoms. The van der Waals surface area contributed by atoms with E-state index >= 15 is 0 Å². The summed E-state index contributed by atoms with van der Waals surface area (Å²) < 4.78 is -1.63. The van der Waals surface area contributed by atoms with Crippen LogP contribution in [0.5, 0.6) is 0 Å². The van der Waals surface area contributed by atoms with Crippen LogP contribution in [0.25, 0.3) is 0 Å². The number of aromatic nitrogens is 4. The van der Waals surface area contributed by atoms with Crippen LogP contribution in [0, 0.1) is 0 Å². The molecule has 0 aliphatic carbocycles. The van der Waals surface area contributed by atoms with E-state index in [1.54, 1.807) is 6.92 Å². The predicted molar refractivity (Wildman–Crippen MR) is 86.4 cm³/mol. The van der Waals surface area contributed by atoms with Gasteiger partial charge in [0.1, 0.15) is 21.9 Å². The number of nitrogens with zero attached hydrogens (tertiary/aromatic N) is 4. The highest BCUT2D eigenvalue weighted by molar-refractivity contribution is 8.02. The molecule has 1 amide bonds. The third-order valence-electron chi connectivity index (χ3n) is 4.14. The van der Waals surface area contributed by atoms with Crippen molar-refractivity contribution in [3.8, 4) is 0 Å². The Labute approximate surface area is 149 Å². The SMILES string of the molecule is CCC(Sc1nnn[nH]1)(C(=O)O)C1=C(C(=O)O)N2C(=O)C(N)[C@@H]2SC1. The quantitative estimate of drug-likeness (QED) is 0.352. The van der Waals surface area contributed by atoms with Gasteiger partial charge in [-0.2, -0.15) is 0 Å². The molecule has 5 N–H and O–H groups in total. The molecular weight excluding hydrogens is 372 g/mol. The highest BCUT2D eigenvalue weighted by Crippen LogP contribution is 2.49. The van der Waals surface area contributed by atoms with Gasteiger partial charge in [0, 0.05) is 5.75 Å². The average Bonchev–Trinajstić information content (AvgIpc) is 3.10. The number of thioether (sulfide) groups is 2. The van der Waals surface area contributed by atoms with Gasteiger partial charge < -0.3 is 15.9 Å². The minimum absolute atomic E-state index is 0.0686. The second-order valence-corrected chi connectivity index (χ2v) is 7.75. The molecule has 0 radical (unpaired) electrons. The number of carbonyl (C=O) groups is 3. The van der Waals surface area contributed by atoms with Gasteiger partial charge in [0.2, 0.25) is 11.1 Å². The van der Waals surface area contributed by atoms with Crippen LogP contribution in [0.4, 0.5) is 0 Å². The minimum Gasteiger partial charge on any atom is -0.480 e. The van der Waals surface area contributed by atoms with Crippen LogP contribution < -0.4 is 5.73 Å². The Bertz CT molecular complexity index is 768. The fourth-order valence-corrected chi connectivity index (χ4v) is 5.37. The number of carboxylic acid groups (broad SMARTS) is 2. The average molecular weight is 386 g/mol. The zero-order valence-corrected chi connectivity index (χ0v) is 14.5. The van der Waals surface area contributed by atoms with E-state index in [9.17, 15) is 24.6 Å². The Hall–Kier alpha value is -2.12. The van der Waals surface area contributed by atoms with Crippen LogP contribution in [0.3, 0.4) is 0 Å². The number of fused-ring (bicyclic) bond motifs is 1. The number of H-pyrrole nitrogens is 1. The lowest BCUT2D eigenvalue weighted by molar-refractivity contribution is -0.148. The number of nitrogens with two attached hydrogens (primary N) is 1. The topological polar surface area (TPSA) is 175 Å². The van der Waals surface area contributed by atoms with Crippen molar-refractivity contribution in [3.05, 3.63) is 11.3 Å². The molecule has 3 rings (SSSR count). The van der Waals surface area contributed by atoms with Gasteiger partial charge in [-0.1, -0.05) is 18.7 Å². The maximum Gasteiger partial charge on any atom is 0.352 e. The number of hydrogen-bond donors (Lipinski definition) is 4. The van der Waals surface area contributed by atoms with Crippen LogP contribution in [-0.2, 0) is 14.4 Å². The highest BCUT2D eigenvalue weighted by Gasteiger charge is 2.56. The Morgan fingerprint density at radius 3 is 2.76 bits per heavy atom. The molecule has 11 nitrogen and oxygen atoms in total. The van der Waals surface area contributed by atoms with Crippen molar-refractivity contribution in [1.29, 1.82) is 0 Å². The molecule has 134 valence electrons. The summed E-state index contributed by atoms with van der Waals surface area (Å²) in [5, 5.41) is 32.1. The van der Waals surface area contributed by atoms with E-state index in [0.29, 0.717) is 0 Å². The van der Waals surface area contributed by atoms with Gasteiger partial charge in [-0.05, 0) is 22.4 Å². The molecule has 2 aliphatic rings. The third-order valence-corrected chi connectivity index (χ3v) is 6.87. The molecule has 1 aromatic rings. The molecule has 0 saturated carbocycles. The fraction of sp³-hybridized carbons (Fsp3) is 0.500. The second-order valence-electron chi connectivity index (χ2n) is 5.36. The van der Waals surface area contributed by atoms with Crippen LogP contribution in [0.1, 0.15) is 13.3 Å². The van der Waals surface area contributed by atoms with Gasteiger partial charge in [0.05, 0.1) is 0 Å². The summed E-state index contributed by atoms with van der Waals surface area (Å²) in [6, 6.07) is -0.784. The van der Waals surface area contributed by atoms with E-state index in [0.717, 1.165) is 16.7 Å². The van der Waals surface area contributed by atoms with Crippen molar-refractivity contribution in [1.82, 2.24) is 25.5 Å². The number of aliphatic carboxylic acids is 2. The van der Waals surface area contributed by atoms with Crippen LogP contribution >= 0.6 is 23.5 Å². The monoisotopic (exact) mass is 386 g/mol. The van der Waals surface area contributed by atoms with Crippen LogP contribution in [0.2, 0.25) is 0 Å². The lowest BCUT2D eigenvalue weighted by Gasteiger charge is -2.49. The smallest absolute Gasteiger partial charge is 0.352 e. The number of tetrazole rings is 1. The largest absolute Gasteiger partial charge is 0.480 e. The summed E-state index contributed by atoms with van der Waals surface area (Å²) in [6.45, 7) is 1.62. The van der Waals surface area contributed by atoms with E-state index < -0.39 is 34.0 Å². The Morgan fingerprint density at radius 1 is 1.52 bits per heavy atom. The van der Waals surface area contributed by atoms with E-state index in [1.807, 2.05) is 0 Å². The minimum atomic E-state index is -1.63. The molecule has 1 saturated heterocycles. The fourth-order valence-electron chi connectivity index (χ4n) is 2.85. The molecule has 1 aromatic heterocycles. The first-order chi connectivity index (χ1) is 11.8. The molecule has 2 unspecified atom stereocenters. The van der Waals surface area contributed by atoms with Crippen molar-refractivity contribution in [2.75, 3.05) is 5.75 Å². The summed E-state index contributed by atoms with van der Waals surface area (Å²) in [5.74, 6) is -3.01. The standard InChI is InChI=1S/C12H14N6O5S2/c1-2-12(10(22)23,25-11-14-16-17-15-11)4-3-24-8-5(13)7(19)18(8)6(4)9(20)21/h5,8H,2-3,13H2,1H3,(H,20,21)(H,22,23)(H,14,15,16,17)/t5?,8-,12?/m0/s1. The molecule has 1 fully saturated rings. The van der Waals surface area contributed by atoms with Crippen molar-refractivity contribution >= 4 is 41.4 Å². The second kappa shape index (κ2) is 6.31. The summed E-state index contributed by atoms with van der Waals surface area (Å²) in [5.41, 5.74) is 5.52. The lowest BCUT2D eigenvalue weighted by atomic mass is 9.92. The van der Waals surface area contributed by atoms with E-state index in [4.69, 9.17) is 5.73 Å². The number of nitrogens with one attached hydrogen (secondary N) is 1. The normalized spacial score (nSPS) is 25.2. The maximum absolute atomic E-state index is 12.1. The summed E-state index contributed by atoms with van der Waals surface area (Å²) >= 11 is 2.06. The van der Waals surface area contributed by atoms with Gasteiger partial charge in [-0.3, -0.25) is 14.5 Å². The molecule has 2 aliphatic heterocycles. The third kappa shape index (κ3) is 2.58. The summed E-state index contributed by atoms with van der Waals surface area (Å²) in [6.07, 6.45) is 0.0686. The van der Waals surface area contributed by atoms with Gasteiger partial charge >= 0.3 is 11.9 Å². The maximum atomic E-state index is 12.1. The molecular formula is C12H14N6O5S2. The highest BCUT2D eigenvalue weighted by atomic mass is 32.2. The molecule has 3 heterocycles. The van der Waals surface area contributed by atoms with Crippen LogP contribution in [-0.4, -0.2) is 75.5 Å². The van der Waals surface area contributed by atoms with Gasteiger partial charge in [0.25, 0.3) is 0 Å². The number of carbonyl (C=O) groups excluding carboxylic acids is 1. The molecule has 0 aromatic carbocycles. The zero-order chi connectivity index (χ0) is 18.4.